The van der Waals surface area contributed by atoms with Crippen molar-refractivity contribution in [2.75, 3.05) is 25.2 Å². The van der Waals surface area contributed by atoms with Crippen LogP contribution < -0.4 is 16.0 Å². The summed E-state index contributed by atoms with van der Waals surface area (Å²) in [4.78, 5) is 40.7. The maximum atomic E-state index is 13.0. The number of rotatable bonds is 5. The lowest BCUT2D eigenvalue weighted by Gasteiger charge is -2.50. The first-order chi connectivity index (χ1) is 15.2. The predicted octanol–water partition coefficient (Wildman–Crippen LogP) is 1.65. The van der Waals surface area contributed by atoms with Crippen LogP contribution in [0.3, 0.4) is 0 Å². The number of amides is 4. The molecule has 2 fully saturated rings. The maximum Gasteiger partial charge on any atom is 0.327 e. The largest absolute Gasteiger partial charge is 0.360 e. The van der Waals surface area contributed by atoms with Gasteiger partial charge in [-0.1, -0.05) is 35.0 Å². The van der Waals surface area contributed by atoms with Crippen molar-refractivity contribution in [3.8, 4) is 0 Å². The van der Waals surface area contributed by atoms with Gasteiger partial charge in [0.15, 0.2) is 5.82 Å². The van der Waals surface area contributed by atoms with E-state index in [4.69, 9.17) is 4.52 Å². The van der Waals surface area contributed by atoms with Crippen LogP contribution in [0.15, 0.2) is 34.9 Å². The summed E-state index contributed by atoms with van der Waals surface area (Å²) in [6.07, 6.45) is -0.793. The van der Waals surface area contributed by atoms with Crippen LogP contribution in [-0.2, 0) is 9.59 Å². The minimum Gasteiger partial charge on any atom is -0.360 e. The number of benzene rings is 1. The van der Waals surface area contributed by atoms with Crippen molar-refractivity contribution in [1.82, 2.24) is 25.6 Å². The number of carbonyl (C=O) groups excluding carboxylic acids is 3. The van der Waals surface area contributed by atoms with Crippen LogP contribution in [0.2, 0.25) is 0 Å². The van der Waals surface area contributed by atoms with Gasteiger partial charge in [-0.3, -0.25) is 25.1 Å². The Hall–Kier alpha value is -2.89. The third-order valence-corrected chi connectivity index (χ3v) is 6.84. The number of fused-ring (bicyclic) bond motifs is 1. The summed E-state index contributed by atoms with van der Waals surface area (Å²) in [5.74, 6) is -0.0572. The Balaban J connectivity index is 1.54. The highest BCUT2D eigenvalue weighted by molar-refractivity contribution is 8.00. The van der Waals surface area contributed by atoms with E-state index in [1.165, 1.54) is 18.8 Å². The molecule has 0 radical (unpaired) electrons. The molecule has 3 heterocycles. The Bertz CT molecular complexity index is 1040. The van der Waals surface area contributed by atoms with Gasteiger partial charge in [-0.2, -0.15) is 0 Å². The van der Waals surface area contributed by atoms with Crippen molar-refractivity contribution in [3.05, 3.63) is 47.2 Å². The van der Waals surface area contributed by atoms with E-state index >= 15 is 0 Å². The molecule has 10 nitrogen and oxygen atoms in total. The Kier molecular flexibility index (Phi) is 6.22. The first-order valence-corrected chi connectivity index (χ1v) is 11.3. The van der Waals surface area contributed by atoms with Gasteiger partial charge in [0.1, 0.15) is 5.76 Å². The molecule has 2 aliphatic heterocycles. The second-order valence-corrected chi connectivity index (χ2v) is 9.17. The third kappa shape index (κ3) is 4.36. The fraction of sp³-hybridized carbons (Fsp3) is 0.429. The van der Waals surface area contributed by atoms with E-state index in [2.05, 4.69) is 21.1 Å². The van der Waals surface area contributed by atoms with E-state index < -0.39 is 17.5 Å². The summed E-state index contributed by atoms with van der Waals surface area (Å²) in [5, 5.41) is 12.9. The molecule has 2 saturated heterocycles. The van der Waals surface area contributed by atoms with Crippen molar-refractivity contribution >= 4 is 35.4 Å². The van der Waals surface area contributed by atoms with Crippen LogP contribution in [0.25, 0.3) is 0 Å². The number of aromatic nitrogens is 1. The molecule has 2 aromatic rings. The molecule has 4 unspecified atom stereocenters. The van der Waals surface area contributed by atoms with Crippen LogP contribution in [0.5, 0.6) is 0 Å². The summed E-state index contributed by atoms with van der Waals surface area (Å²) in [6.45, 7) is 3.75. The first-order valence-electron chi connectivity index (χ1n) is 10.2. The smallest absolute Gasteiger partial charge is 0.327 e. The SMILES string of the molecule is Cc1cccc(C2NC(SCC(=O)Nc3cc(C)on3)C3C(=O)N(C)C(=O)N(C)C3N2)c1. The zero-order valence-electron chi connectivity index (χ0n) is 18.3. The molecule has 2 aliphatic rings. The lowest BCUT2D eigenvalue weighted by molar-refractivity contribution is -0.140. The van der Waals surface area contributed by atoms with Gasteiger partial charge < -0.3 is 14.7 Å². The number of urea groups is 1. The highest BCUT2D eigenvalue weighted by Gasteiger charge is 2.51. The number of carbonyl (C=O) groups is 3. The zero-order valence-corrected chi connectivity index (χ0v) is 19.1. The Morgan fingerprint density at radius 3 is 2.69 bits per heavy atom. The van der Waals surface area contributed by atoms with Crippen molar-refractivity contribution < 1.29 is 18.9 Å². The van der Waals surface area contributed by atoms with Gasteiger partial charge in [0.2, 0.25) is 11.8 Å². The number of nitrogens with zero attached hydrogens (tertiary/aromatic N) is 3. The molecule has 3 N–H and O–H groups in total. The molecular weight excluding hydrogens is 432 g/mol. The minimum absolute atomic E-state index is 0.0992. The maximum absolute atomic E-state index is 13.0. The lowest BCUT2D eigenvalue weighted by atomic mass is 9.95. The van der Waals surface area contributed by atoms with E-state index in [1.54, 1.807) is 24.9 Å². The van der Waals surface area contributed by atoms with Gasteiger partial charge in [-0.25, -0.2) is 4.79 Å². The number of nitrogens with one attached hydrogen (secondary N) is 3. The summed E-state index contributed by atoms with van der Waals surface area (Å²) in [7, 11) is 3.15. The molecule has 32 heavy (non-hydrogen) atoms. The fourth-order valence-electron chi connectivity index (χ4n) is 4.01. The summed E-state index contributed by atoms with van der Waals surface area (Å²) < 4.78 is 4.97. The summed E-state index contributed by atoms with van der Waals surface area (Å²) in [6, 6.07) is 9.27. The van der Waals surface area contributed by atoms with Gasteiger partial charge in [-0.05, 0) is 19.4 Å². The molecule has 0 bridgehead atoms. The van der Waals surface area contributed by atoms with Gasteiger partial charge >= 0.3 is 6.03 Å². The Labute approximate surface area is 190 Å². The number of hydrogen-bond acceptors (Lipinski definition) is 8. The molecule has 11 heteroatoms. The Morgan fingerprint density at radius 1 is 1.22 bits per heavy atom. The van der Waals surface area contributed by atoms with Crippen molar-refractivity contribution in [2.24, 2.45) is 5.92 Å². The lowest BCUT2D eigenvalue weighted by Crippen LogP contribution is -2.72. The average molecular weight is 459 g/mol. The standard InChI is InChI=1S/C21H26N6O4S/c1-11-6-5-7-13(8-11)17-23-18-16(20(29)27(4)21(30)26(18)3)19(24-17)32-10-15(28)22-14-9-12(2)31-25-14/h5-9,16-19,23-24H,10H2,1-4H3,(H,22,25,28). The fourth-order valence-corrected chi connectivity index (χ4v) is 5.12. The van der Waals surface area contributed by atoms with Crippen molar-refractivity contribution in [2.45, 2.75) is 31.6 Å². The topological polar surface area (TPSA) is 120 Å². The van der Waals surface area contributed by atoms with E-state index in [1.807, 2.05) is 31.2 Å². The second-order valence-electron chi connectivity index (χ2n) is 8.04. The monoisotopic (exact) mass is 458 g/mol. The highest BCUT2D eigenvalue weighted by atomic mass is 32.2. The molecule has 0 saturated carbocycles. The minimum atomic E-state index is -0.559. The normalized spacial score (nSPS) is 25.6. The van der Waals surface area contributed by atoms with Gasteiger partial charge in [0.25, 0.3) is 0 Å². The van der Waals surface area contributed by atoms with E-state index in [-0.39, 0.29) is 29.8 Å². The van der Waals surface area contributed by atoms with Gasteiger partial charge in [0.05, 0.1) is 29.4 Å². The molecule has 1 aromatic carbocycles. The number of imide groups is 1. The molecule has 170 valence electrons. The molecule has 4 amide bonds. The van der Waals surface area contributed by atoms with Crippen LogP contribution >= 0.6 is 11.8 Å². The Morgan fingerprint density at radius 2 is 2.00 bits per heavy atom. The first kappa shape index (κ1) is 22.3. The molecule has 0 spiro atoms. The molecular formula is C21H26N6O4S. The number of thioether (sulfide) groups is 1. The van der Waals surface area contributed by atoms with Crippen LogP contribution in [0, 0.1) is 19.8 Å². The predicted molar refractivity (Wildman–Crippen MR) is 120 cm³/mol. The molecule has 0 aliphatic carbocycles. The number of aryl methyl sites for hydroxylation is 2. The number of anilines is 1. The molecule has 1 aromatic heterocycles. The highest BCUT2D eigenvalue weighted by Crippen LogP contribution is 2.34. The van der Waals surface area contributed by atoms with Gasteiger partial charge in [0, 0.05) is 20.2 Å². The quantitative estimate of drug-likeness (QED) is 0.619. The van der Waals surface area contributed by atoms with Crippen LogP contribution in [-0.4, -0.2) is 64.2 Å². The van der Waals surface area contributed by atoms with E-state index in [0.29, 0.717) is 11.6 Å². The average Bonchev–Trinajstić information content (AvgIpc) is 3.18. The number of hydrogen-bond donors (Lipinski definition) is 3. The van der Waals surface area contributed by atoms with E-state index in [9.17, 15) is 14.4 Å². The van der Waals surface area contributed by atoms with Crippen molar-refractivity contribution in [1.29, 1.82) is 0 Å². The summed E-state index contributed by atoms with van der Waals surface area (Å²) >= 11 is 1.32. The molecule has 4 atom stereocenters. The van der Waals surface area contributed by atoms with Crippen molar-refractivity contribution in [3.63, 3.8) is 0 Å². The second kappa shape index (κ2) is 8.93. The van der Waals surface area contributed by atoms with Crippen LogP contribution in [0.1, 0.15) is 23.1 Å². The molecule has 4 rings (SSSR count). The third-order valence-electron chi connectivity index (χ3n) is 5.62. The van der Waals surface area contributed by atoms with E-state index in [0.717, 1.165) is 16.0 Å². The zero-order chi connectivity index (χ0) is 23.0. The summed E-state index contributed by atoms with van der Waals surface area (Å²) in [5.41, 5.74) is 2.09. The van der Waals surface area contributed by atoms with Crippen LogP contribution in [0.4, 0.5) is 10.6 Å². The van der Waals surface area contributed by atoms with Gasteiger partial charge in [-0.15, -0.1) is 11.8 Å².